The topological polar surface area (TPSA) is 83.6 Å². The maximum absolute atomic E-state index is 13.2. The Balaban J connectivity index is 1.79. The largest absolute Gasteiger partial charge is 0.503 e. The molecule has 0 unspecified atom stereocenters. The zero-order chi connectivity index (χ0) is 22.2. The van der Waals surface area contributed by atoms with Crippen molar-refractivity contribution in [2.24, 2.45) is 0 Å². The lowest BCUT2D eigenvalue weighted by Crippen LogP contribution is -2.30. The van der Waals surface area contributed by atoms with Crippen LogP contribution >= 0.6 is 0 Å². The van der Waals surface area contributed by atoms with Crippen LogP contribution in [0.3, 0.4) is 0 Å². The Labute approximate surface area is 180 Å². The van der Waals surface area contributed by atoms with Crippen LogP contribution in [0.2, 0.25) is 0 Å². The Morgan fingerprint density at radius 2 is 1.87 bits per heavy atom. The molecule has 0 radical (unpaired) electrons. The Bertz CT molecular complexity index is 1120. The lowest BCUT2D eigenvalue weighted by molar-refractivity contribution is -0.130. The molecule has 1 N–H and O–H groups in total. The highest BCUT2D eigenvalue weighted by Gasteiger charge is 2.44. The molecule has 31 heavy (non-hydrogen) atoms. The number of nitrogens with zero attached hydrogens (tertiary/aromatic N) is 2. The zero-order valence-corrected chi connectivity index (χ0v) is 17.7. The molecule has 0 aliphatic carbocycles. The van der Waals surface area contributed by atoms with Crippen molar-refractivity contribution in [3.05, 3.63) is 101 Å². The smallest absolute Gasteiger partial charge is 0.290 e. The maximum Gasteiger partial charge on any atom is 0.290 e. The molecule has 6 nitrogen and oxygen atoms in total. The van der Waals surface area contributed by atoms with Gasteiger partial charge in [0.15, 0.2) is 11.5 Å². The number of pyridine rings is 1. The van der Waals surface area contributed by atoms with Gasteiger partial charge in [-0.15, -0.1) is 0 Å². The van der Waals surface area contributed by atoms with Crippen molar-refractivity contribution in [1.29, 1.82) is 0 Å². The van der Waals surface area contributed by atoms with Crippen LogP contribution in [0.25, 0.3) is 0 Å². The monoisotopic (exact) mass is 416 g/mol. The van der Waals surface area contributed by atoms with Gasteiger partial charge in [0.05, 0.1) is 17.9 Å². The number of aromatic nitrogens is 1. The second-order valence-corrected chi connectivity index (χ2v) is 8.64. The number of aliphatic hydroxyl groups excluding tert-OH is 1. The van der Waals surface area contributed by atoms with Crippen LogP contribution in [0.4, 0.5) is 0 Å². The Hall–Kier alpha value is -3.67. The molecule has 1 aliphatic rings. The number of Topliss-reactive ketones (excluding diaryl/α,β-unsaturated/α-hetero) is 1. The second kappa shape index (κ2) is 7.87. The van der Waals surface area contributed by atoms with Gasteiger partial charge in [-0.2, -0.15) is 0 Å². The van der Waals surface area contributed by atoms with Gasteiger partial charge in [0.25, 0.3) is 5.91 Å². The van der Waals surface area contributed by atoms with Gasteiger partial charge in [0.2, 0.25) is 5.78 Å². The van der Waals surface area contributed by atoms with E-state index in [2.05, 4.69) is 25.8 Å². The summed E-state index contributed by atoms with van der Waals surface area (Å²) in [5.41, 5.74) is 2.65. The fourth-order valence-corrected chi connectivity index (χ4v) is 3.79. The van der Waals surface area contributed by atoms with Crippen LogP contribution in [0.1, 0.15) is 54.1 Å². The number of aliphatic hydroxyl groups is 1. The quantitative estimate of drug-likeness (QED) is 0.607. The summed E-state index contributed by atoms with van der Waals surface area (Å²) in [6.45, 7) is 6.56. The first-order chi connectivity index (χ1) is 14.8. The first kappa shape index (κ1) is 20.6. The molecule has 0 saturated heterocycles. The molecule has 3 aromatic rings. The average molecular weight is 416 g/mol. The Kier molecular flexibility index (Phi) is 5.23. The van der Waals surface area contributed by atoms with E-state index in [1.54, 1.807) is 24.5 Å². The maximum atomic E-state index is 13.2. The van der Waals surface area contributed by atoms with Gasteiger partial charge in [-0.1, -0.05) is 51.1 Å². The van der Waals surface area contributed by atoms with Gasteiger partial charge in [-0.25, -0.2) is 0 Å². The van der Waals surface area contributed by atoms with E-state index < -0.39 is 23.5 Å². The number of rotatable bonds is 5. The van der Waals surface area contributed by atoms with Gasteiger partial charge in [-0.05, 0) is 40.3 Å². The van der Waals surface area contributed by atoms with Crippen molar-refractivity contribution in [2.75, 3.05) is 0 Å². The van der Waals surface area contributed by atoms with Gasteiger partial charge in [0.1, 0.15) is 0 Å². The molecule has 6 heteroatoms. The minimum absolute atomic E-state index is 0.0207. The summed E-state index contributed by atoms with van der Waals surface area (Å²) < 4.78 is 5.26. The van der Waals surface area contributed by atoms with Crippen LogP contribution in [0.15, 0.2) is 82.9 Å². The number of amides is 1. The minimum atomic E-state index is -0.737. The van der Waals surface area contributed by atoms with E-state index in [4.69, 9.17) is 4.42 Å². The van der Waals surface area contributed by atoms with E-state index in [1.165, 1.54) is 17.2 Å². The van der Waals surface area contributed by atoms with Crippen LogP contribution in [-0.4, -0.2) is 26.7 Å². The van der Waals surface area contributed by atoms with Crippen LogP contribution in [-0.2, 0) is 16.8 Å². The molecular weight excluding hydrogens is 392 g/mol. The van der Waals surface area contributed by atoms with Crippen LogP contribution in [0, 0.1) is 0 Å². The second-order valence-electron chi connectivity index (χ2n) is 8.64. The van der Waals surface area contributed by atoms with Crippen molar-refractivity contribution >= 4 is 11.7 Å². The fourth-order valence-electron chi connectivity index (χ4n) is 3.79. The number of carbonyl (C=O) groups excluding carboxylic acids is 2. The normalized spacial score (nSPS) is 16.8. The molecule has 0 saturated carbocycles. The molecule has 0 spiro atoms. The summed E-state index contributed by atoms with van der Waals surface area (Å²) in [6, 6.07) is 13.8. The van der Waals surface area contributed by atoms with Gasteiger partial charge < -0.3 is 14.4 Å². The molecule has 1 aliphatic heterocycles. The highest BCUT2D eigenvalue weighted by molar-refractivity contribution is 6.14. The highest BCUT2D eigenvalue weighted by Crippen LogP contribution is 2.40. The number of hydrogen-bond acceptors (Lipinski definition) is 5. The molecule has 0 fully saturated rings. The van der Waals surface area contributed by atoms with Gasteiger partial charge in [0, 0.05) is 18.9 Å². The third-order valence-electron chi connectivity index (χ3n) is 5.46. The molecule has 1 aromatic carbocycles. The molecule has 3 heterocycles. The first-order valence-electron chi connectivity index (χ1n) is 10.1. The molecule has 4 rings (SSSR count). The van der Waals surface area contributed by atoms with E-state index in [0.717, 1.165) is 16.7 Å². The van der Waals surface area contributed by atoms with E-state index in [-0.39, 0.29) is 23.3 Å². The third kappa shape index (κ3) is 3.89. The minimum Gasteiger partial charge on any atom is -0.503 e. The third-order valence-corrected chi connectivity index (χ3v) is 5.46. The van der Waals surface area contributed by atoms with E-state index in [0.29, 0.717) is 0 Å². The highest BCUT2D eigenvalue weighted by atomic mass is 16.3. The van der Waals surface area contributed by atoms with Crippen molar-refractivity contribution in [2.45, 2.75) is 38.8 Å². The molecule has 0 bridgehead atoms. The van der Waals surface area contributed by atoms with E-state index >= 15 is 0 Å². The molecule has 1 amide bonds. The summed E-state index contributed by atoms with van der Waals surface area (Å²) in [5, 5.41) is 10.7. The first-order valence-corrected chi connectivity index (χ1v) is 10.1. The van der Waals surface area contributed by atoms with E-state index in [1.807, 2.05) is 30.3 Å². The fraction of sp³-hybridized carbons (Fsp3) is 0.240. The number of hydrogen-bond donors (Lipinski definition) is 1. The molecule has 2 aromatic heterocycles. The lowest BCUT2D eigenvalue weighted by atomic mass is 9.85. The summed E-state index contributed by atoms with van der Waals surface area (Å²) in [5.74, 6) is -1.57. The number of carbonyl (C=O) groups is 2. The predicted molar refractivity (Wildman–Crippen MR) is 115 cm³/mol. The Morgan fingerprint density at radius 3 is 2.45 bits per heavy atom. The van der Waals surface area contributed by atoms with Gasteiger partial charge >= 0.3 is 0 Å². The number of ketones is 1. The molecule has 1 atom stereocenters. The summed E-state index contributed by atoms with van der Waals surface area (Å²) in [4.78, 5) is 31.8. The number of benzene rings is 1. The predicted octanol–water partition coefficient (Wildman–Crippen LogP) is 4.75. The average Bonchev–Trinajstić information content (AvgIpc) is 3.37. The summed E-state index contributed by atoms with van der Waals surface area (Å²) in [7, 11) is 0. The van der Waals surface area contributed by atoms with Crippen molar-refractivity contribution in [3.8, 4) is 0 Å². The van der Waals surface area contributed by atoms with Crippen molar-refractivity contribution in [3.63, 3.8) is 0 Å². The lowest BCUT2D eigenvalue weighted by Gasteiger charge is -2.27. The van der Waals surface area contributed by atoms with Crippen molar-refractivity contribution in [1.82, 2.24) is 9.88 Å². The molecular formula is C25H24N2O4. The van der Waals surface area contributed by atoms with Crippen molar-refractivity contribution < 1.29 is 19.1 Å². The summed E-state index contributed by atoms with van der Waals surface area (Å²) in [6.07, 6.45) is 4.71. The standard InChI is InChI=1S/C25H24N2O4/c1-25(2,3)18-10-8-17(9-11-18)21-20(22(28)19-7-5-13-31-19)23(29)24(30)27(21)15-16-6-4-12-26-14-16/h4-14,21,29H,15H2,1-3H3/t21-/m0/s1. The molecule has 158 valence electrons. The number of furan rings is 1. The van der Waals surface area contributed by atoms with Crippen LogP contribution in [0.5, 0.6) is 0 Å². The van der Waals surface area contributed by atoms with E-state index in [9.17, 15) is 14.7 Å². The SMILES string of the molecule is CC(C)(C)c1ccc([C@H]2C(C(=O)c3ccco3)=C(O)C(=O)N2Cc2cccnc2)cc1. The van der Waals surface area contributed by atoms with Crippen LogP contribution < -0.4 is 0 Å². The Morgan fingerprint density at radius 1 is 1.13 bits per heavy atom. The zero-order valence-electron chi connectivity index (χ0n) is 17.7. The van der Waals surface area contributed by atoms with Gasteiger partial charge in [-0.3, -0.25) is 14.6 Å². The summed E-state index contributed by atoms with van der Waals surface area (Å²) >= 11 is 0.